The third kappa shape index (κ3) is 23.5. The topological polar surface area (TPSA) is 54.0 Å². The highest BCUT2D eigenvalue weighted by Gasteiger charge is 2.10. The van der Waals surface area contributed by atoms with Gasteiger partial charge >= 0.3 is 0 Å². The van der Waals surface area contributed by atoms with Crippen molar-refractivity contribution in [3.05, 3.63) is 0 Å². The zero-order valence-corrected chi connectivity index (χ0v) is 18.5. The van der Waals surface area contributed by atoms with Crippen LogP contribution in [0.15, 0.2) is 0 Å². The highest BCUT2D eigenvalue weighted by atomic mass is 16.6. The largest absolute Gasteiger partial charge is 0.379 e. The molecule has 5 nitrogen and oxygen atoms in total. The second-order valence-corrected chi connectivity index (χ2v) is 8.73. The summed E-state index contributed by atoms with van der Waals surface area (Å²) in [6.07, 6.45) is 6.14. The van der Waals surface area contributed by atoms with E-state index in [2.05, 4.69) is 34.6 Å². The summed E-state index contributed by atoms with van der Waals surface area (Å²) < 4.78 is 21.7. The van der Waals surface area contributed by atoms with E-state index < -0.39 is 0 Å². The van der Waals surface area contributed by atoms with Crippen LogP contribution in [-0.4, -0.2) is 58.6 Å². The van der Waals surface area contributed by atoms with Crippen molar-refractivity contribution >= 4 is 5.78 Å². The lowest BCUT2D eigenvalue weighted by molar-refractivity contribution is -0.124. The first kappa shape index (κ1) is 26.5. The third-order valence-electron chi connectivity index (χ3n) is 4.08. The second-order valence-electron chi connectivity index (χ2n) is 8.73. The van der Waals surface area contributed by atoms with Crippen molar-refractivity contribution in [3.63, 3.8) is 0 Å². The van der Waals surface area contributed by atoms with Crippen molar-refractivity contribution in [3.8, 4) is 0 Å². The number of ether oxygens (including phenoxy) is 4. The lowest BCUT2D eigenvalue weighted by Crippen LogP contribution is -2.14. The van der Waals surface area contributed by atoms with Crippen LogP contribution in [0.2, 0.25) is 0 Å². The van der Waals surface area contributed by atoms with Gasteiger partial charge in [-0.2, -0.15) is 0 Å². The molecule has 0 atom stereocenters. The zero-order valence-electron chi connectivity index (χ0n) is 18.5. The molecule has 5 heteroatoms. The Bertz CT molecular complexity index is 336. The Morgan fingerprint density at radius 3 is 1.78 bits per heavy atom. The molecule has 162 valence electrons. The van der Waals surface area contributed by atoms with E-state index in [0.717, 1.165) is 38.2 Å². The maximum atomic E-state index is 11.7. The van der Waals surface area contributed by atoms with Crippen LogP contribution >= 0.6 is 0 Å². The van der Waals surface area contributed by atoms with Crippen molar-refractivity contribution in [2.24, 2.45) is 11.3 Å². The molecule has 0 aliphatic carbocycles. The fourth-order valence-corrected chi connectivity index (χ4v) is 2.49. The van der Waals surface area contributed by atoms with Crippen LogP contribution in [0, 0.1) is 11.3 Å². The molecular formula is C22H44O5. The van der Waals surface area contributed by atoms with E-state index in [4.69, 9.17) is 18.9 Å². The fraction of sp³-hybridized carbons (Fsp3) is 0.955. The van der Waals surface area contributed by atoms with Crippen LogP contribution in [0.3, 0.4) is 0 Å². The number of hydrogen-bond acceptors (Lipinski definition) is 5. The SMILES string of the molecule is CC(C)CCCOCCOCCOCCOCC(=O)CCCCC(C)(C)C. The van der Waals surface area contributed by atoms with E-state index in [1.165, 1.54) is 6.42 Å². The molecule has 0 aliphatic heterocycles. The van der Waals surface area contributed by atoms with Gasteiger partial charge in [0.2, 0.25) is 0 Å². The van der Waals surface area contributed by atoms with Gasteiger partial charge in [0.05, 0.1) is 39.6 Å². The van der Waals surface area contributed by atoms with Gasteiger partial charge in [0, 0.05) is 13.0 Å². The Morgan fingerprint density at radius 2 is 1.26 bits per heavy atom. The monoisotopic (exact) mass is 388 g/mol. The normalized spacial score (nSPS) is 12.1. The molecular weight excluding hydrogens is 344 g/mol. The Hall–Kier alpha value is -0.490. The summed E-state index contributed by atoms with van der Waals surface area (Å²) in [4.78, 5) is 11.7. The minimum absolute atomic E-state index is 0.181. The number of carbonyl (C=O) groups is 1. The van der Waals surface area contributed by atoms with E-state index in [9.17, 15) is 4.79 Å². The average molecular weight is 389 g/mol. The molecule has 0 heterocycles. The van der Waals surface area contributed by atoms with E-state index in [0.29, 0.717) is 51.5 Å². The molecule has 0 aromatic carbocycles. The number of ketones is 1. The Balaban J connectivity index is 3.19. The van der Waals surface area contributed by atoms with Gasteiger partial charge in [0.15, 0.2) is 5.78 Å². The molecule has 0 fully saturated rings. The predicted molar refractivity (Wildman–Crippen MR) is 110 cm³/mol. The minimum atomic E-state index is 0.181. The van der Waals surface area contributed by atoms with E-state index in [1.807, 2.05) is 0 Å². The van der Waals surface area contributed by atoms with Crippen molar-refractivity contribution in [2.45, 2.75) is 73.1 Å². The summed E-state index contributed by atoms with van der Waals surface area (Å²) in [6, 6.07) is 0. The van der Waals surface area contributed by atoms with E-state index in [-0.39, 0.29) is 12.4 Å². The Kier molecular flexibility index (Phi) is 17.3. The van der Waals surface area contributed by atoms with Crippen molar-refractivity contribution in [2.75, 3.05) is 52.9 Å². The van der Waals surface area contributed by atoms with Crippen LogP contribution in [0.25, 0.3) is 0 Å². The lowest BCUT2D eigenvalue weighted by atomic mass is 9.89. The average Bonchev–Trinajstić information content (AvgIpc) is 2.58. The maximum Gasteiger partial charge on any atom is 0.158 e. The number of unbranched alkanes of at least 4 members (excludes halogenated alkanes) is 1. The zero-order chi connectivity index (χ0) is 20.4. The number of hydrogen-bond donors (Lipinski definition) is 0. The molecule has 27 heavy (non-hydrogen) atoms. The highest BCUT2D eigenvalue weighted by Crippen LogP contribution is 2.21. The molecule has 0 aliphatic rings. The standard InChI is InChI=1S/C22H44O5/c1-20(2)9-8-12-24-13-14-25-15-16-26-17-18-27-19-21(23)10-6-7-11-22(3,4)5/h20H,6-19H2,1-5H3. The van der Waals surface area contributed by atoms with Crippen molar-refractivity contribution in [1.82, 2.24) is 0 Å². The second kappa shape index (κ2) is 17.6. The molecule has 0 saturated carbocycles. The number of carbonyl (C=O) groups excluding carboxylic acids is 1. The first-order valence-electron chi connectivity index (χ1n) is 10.6. The fourth-order valence-electron chi connectivity index (χ4n) is 2.49. The molecule has 0 saturated heterocycles. The number of Topliss-reactive ketones (excluding diaryl/α,β-unsaturated/α-hetero) is 1. The number of rotatable bonds is 19. The predicted octanol–water partition coefficient (Wildman–Crippen LogP) is 4.66. The van der Waals surface area contributed by atoms with Gasteiger partial charge in [-0.3, -0.25) is 4.79 Å². The van der Waals surface area contributed by atoms with Gasteiger partial charge in [-0.25, -0.2) is 0 Å². The van der Waals surface area contributed by atoms with Crippen molar-refractivity contribution in [1.29, 1.82) is 0 Å². The third-order valence-corrected chi connectivity index (χ3v) is 4.08. The van der Waals surface area contributed by atoms with Crippen LogP contribution in [0.5, 0.6) is 0 Å². The van der Waals surface area contributed by atoms with Gasteiger partial charge in [-0.05, 0) is 37.0 Å². The first-order valence-corrected chi connectivity index (χ1v) is 10.6. The molecule has 0 rings (SSSR count). The summed E-state index contributed by atoms with van der Waals surface area (Å²) in [7, 11) is 0. The minimum Gasteiger partial charge on any atom is -0.379 e. The molecule has 0 bridgehead atoms. The van der Waals surface area contributed by atoms with Crippen LogP contribution < -0.4 is 0 Å². The van der Waals surface area contributed by atoms with Crippen LogP contribution in [0.1, 0.15) is 73.1 Å². The summed E-state index contributed by atoms with van der Waals surface area (Å²) in [6.45, 7) is 15.4. The van der Waals surface area contributed by atoms with Crippen LogP contribution in [0.4, 0.5) is 0 Å². The lowest BCUT2D eigenvalue weighted by Gasteiger charge is -2.17. The maximum absolute atomic E-state index is 11.7. The van der Waals surface area contributed by atoms with E-state index >= 15 is 0 Å². The molecule has 0 aromatic heterocycles. The van der Waals surface area contributed by atoms with Gasteiger partial charge in [-0.15, -0.1) is 0 Å². The van der Waals surface area contributed by atoms with E-state index in [1.54, 1.807) is 0 Å². The smallest absolute Gasteiger partial charge is 0.158 e. The quantitative estimate of drug-likeness (QED) is 0.301. The Labute approximate surface area is 167 Å². The summed E-state index contributed by atoms with van der Waals surface area (Å²) in [5, 5.41) is 0. The van der Waals surface area contributed by atoms with Crippen LogP contribution in [-0.2, 0) is 23.7 Å². The summed E-state index contributed by atoms with van der Waals surface area (Å²) in [5.41, 5.74) is 0.348. The molecule has 0 aromatic rings. The molecule has 0 unspecified atom stereocenters. The van der Waals surface area contributed by atoms with Crippen molar-refractivity contribution < 1.29 is 23.7 Å². The highest BCUT2D eigenvalue weighted by molar-refractivity contribution is 5.79. The van der Waals surface area contributed by atoms with Gasteiger partial charge in [0.25, 0.3) is 0 Å². The molecule has 0 spiro atoms. The summed E-state index contributed by atoms with van der Waals surface area (Å²) in [5.74, 6) is 0.920. The van der Waals surface area contributed by atoms with Gasteiger partial charge < -0.3 is 18.9 Å². The first-order chi connectivity index (χ1) is 12.8. The summed E-state index contributed by atoms with van der Waals surface area (Å²) >= 11 is 0. The molecule has 0 radical (unpaired) electrons. The Morgan fingerprint density at radius 1 is 0.741 bits per heavy atom. The molecule has 0 N–H and O–H groups in total. The van der Waals surface area contributed by atoms with Gasteiger partial charge in [-0.1, -0.05) is 41.0 Å². The van der Waals surface area contributed by atoms with Gasteiger partial charge in [0.1, 0.15) is 6.61 Å². The molecule has 0 amide bonds.